The molecule has 2 N–H and O–H groups in total. The molecule has 0 radical (unpaired) electrons. The van der Waals surface area contributed by atoms with Crippen molar-refractivity contribution in [1.29, 1.82) is 0 Å². The number of aromatic nitrogens is 4. The Kier molecular flexibility index (Phi) is 2.39. The molecule has 0 aliphatic heterocycles. The molecular formula is C13H13N5S. The quantitative estimate of drug-likeness (QED) is 0.794. The van der Waals surface area contributed by atoms with Gasteiger partial charge in [0.2, 0.25) is 0 Å². The minimum absolute atomic E-state index is 0.545. The van der Waals surface area contributed by atoms with E-state index in [1.807, 2.05) is 0 Å². The van der Waals surface area contributed by atoms with E-state index in [4.69, 9.17) is 10.7 Å². The molecule has 3 aromatic rings. The van der Waals surface area contributed by atoms with Crippen LogP contribution in [0.1, 0.15) is 24.4 Å². The molecular weight excluding hydrogens is 258 g/mol. The van der Waals surface area contributed by atoms with Crippen molar-refractivity contribution in [2.75, 3.05) is 0 Å². The molecule has 2 aromatic heterocycles. The smallest absolute Gasteiger partial charge is 0.154 e. The molecule has 1 aromatic carbocycles. The number of nitrogens with zero attached hydrogens (tertiary/aromatic N) is 4. The van der Waals surface area contributed by atoms with E-state index in [0.29, 0.717) is 12.6 Å². The van der Waals surface area contributed by atoms with E-state index in [1.165, 1.54) is 29.9 Å². The number of imidazole rings is 1. The largest absolute Gasteiger partial charge is 0.326 e. The van der Waals surface area contributed by atoms with Gasteiger partial charge in [0, 0.05) is 12.6 Å². The minimum atomic E-state index is 0.545. The Morgan fingerprint density at radius 2 is 2.26 bits per heavy atom. The van der Waals surface area contributed by atoms with E-state index in [1.54, 1.807) is 6.20 Å². The van der Waals surface area contributed by atoms with E-state index in [0.717, 1.165) is 21.8 Å². The second-order valence-corrected chi connectivity index (χ2v) is 5.63. The predicted molar refractivity (Wildman–Crippen MR) is 74.8 cm³/mol. The van der Waals surface area contributed by atoms with Crippen LogP contribution in [0.2, 0.25) is 0 Å². The van der Waals surface area contributed by atoms with E-state index in [9.17, 15) is 0 Å². The van der Waals surface area contributed by atoms with E-state index in [2.05, 4.69) is 32.4 Å². The Bertz CT molecular complexity index is 727. The molecule has 0 saturated heterocycles. The molecule has 2 heterocycles. The first-order valence-corrected chi connectivity index (χ1v) is 7.13. The van der Waals surface area contributed by atoms with Gasteiger partial charge in [0.25, 0.3) is 0 Å². The maximum atomic E-state index is 5.70. The summed E-state index contributed by atoms with van der Waals surface area (Å²) in [5, 5.41) is 3.92. The van der Waals surface area contributed by atoms with Crippen molar-refractivity contribution >= 4 is 22.6 Å². The lowest BCUT2D eigenvalue weighted by molar-refractivity contribution is 0.776. The predicted octanol–water partition coefficient (Wildman–Crippen LogP) is 2.35. The van der Waals surface area contributed by atoms with Crippen LogP contribution in [-0.2, 0) is 6.54 Å². The van der Waals surface area contributed by atoms with Crippen LogP contribution in [0.3, 0.4) is 0 Å². The number of benzene rings is 1. The van der Waals surface area contributed by atoms with Crippen molar-refractivity contribution in [3.63, 3.8) is 0 Å². The zero-order valence-corrected chi connectivity index (χ0v) is 11.1. The Labute approximate surface area is 114 Å². The Morgan fingerprint density at radius 1 is 1.37 bits per heavy atom. The summed E-state index contributed by atoms with van der Waals surface area (Å²) in [5.41, 5.74) is 9.01. The van der Waals surface area contributed by atoms with E-state index in [-0.39, 0.29) is 0 Å². The molecule has 1 fully saturated rings. The van der Waals surface area contributed by atoms with Gasteiger partial charge >= 0.3 is 0 Å². The standard InChI is InChI=1S/C13H13N5S/c14-6-8-1-4-11-10(5-8)16-13(12-7-15-17-19-12)18(11)9-2-3-9/h1,4-5,7,9H,2-3,6,14H2. The number of hydrogen-bond acceptors (Lipinski definition) is 5. The monoisotopic (exact) mass is 271 g/mol. The molecule has 0 atom stereocenters. The zero-order chi connectivity index (χ0) is 12.8. The molecule has 1 aliphatic carbocycles. The van der Waals surface area contributed by atoms with Crippen molar-refractivity contribution < 1.29 is 0 Å². The van der Waals surface area contributed by atoms with Crippen molar-refractivity contribution in [2.24, 2.45) is 5.73 Å². The summed E-state index contributed by atoms with van der Waals surface area (Å²) in [7, 11) is 0. The van der Waals surface area contributed by atoms with Crippen molar-refractivity contribution in [3.05, 3.63) is 30.0 Å². The third-order valence-electron chi connectivity index (χ3n) is 3.48. The maximum absolute atomic E-state index is 5.70. The molecule has 0 unspecified atom stereocenters. The zero-order valence-electron chi connectivity index (χ0n) is 10.3. The minimum Gasteiger partial charge on any atom is -0.326 e. The molecule has 0 spiro atoms. The van der Waals surface area contributed by atoms with Crippen LogP contribution in [0.25, 0.3) is 21.7 Å². The molecule has 1 aliphatic rings. The summed E-state index contributed by atoms with van der Waals surface area (Å²) in [5.74, 6) is 0.988. The summed E-state index contributed by atoms with van der Waals surface area (Å²) < 4.78 is 6.27. The fourth-order valence-electron chi connectivity index (χ4n) is 2.41. The van der Waals surface area contributed by atoms with Gasteiger partial charge < -0.3 is 10.3 Å². The molecule has 4 rings (SSSR count). The lowest BCUT2D eigenvalue weighted by Gasteiger charge is -2.05. The van der Waals surface area contributed by atoms with Crippen LogP contribution in [0.15, 0.2) is 24.4 Å². The van der Waals surface area contributed by atoms with E-state index < -0.39 is 0 Å². The summed E-state index contributed by atoms with van der Waals surface area (Å²) in [6.45, 7) is 0.545. The SMILES string of the molecule is NCc1ccc2c(c1)nc(-c1cnns1)n2C1CC1. The van der Waals surface area contributed by atoms with Gasteiger partial charge in [0.15, 0.2) is 5.82 Å². The Balaban J connectivity index is 1.98. The van der Waals surface area contributed by atoms with Crippen LogP contribution in [0, 0.1) is 0 Å². The second-order valence-electron chi connectivity index (χ2n) is 4.85. The van der Waals surface area contributed by atoms with Crippen molar-refractivity contribution in [3.8, 4) is 10.7 Å². The molecule has 1 saturated carbocycles. The maximum Gasteiger partial charge on any atom is 0.154 e. The van der Waals surface area contributed by atoms with Crippen molar-refractivity contribution in [1.82, 2.24) is 19.1 Å². The van der Waals surface area contributed by atoms with Gasteiger partial charge in [-0.2, -0.15) is 0 Å². The average Bonchev–Trinajstić information content (AvgIpc) is 3.01. The van der Waals surface area contributed by atoms with Gasteiger partial charge in [-0.15, -0.1) is 5.10 Å². The van der Waals surface area contributed by atoms with Gasteiger partial charge in [-0.1, -0.05) is 10.6 Å². The van der Waals surface area contributed by atoms with Crippen molar-refractivity contribution in [2.45, 2.75) is 25.4 Å². The average molecular weight is 271 g/mol. The topological polar surface area (TPSA) is 69.6 Å². The van der Waals surface area contributed by atoms with Crippen LogP contribution in [0.5, 0.6) is 0 Å². The third kappa shape index (κ3) is 1.75. The van der Waals surface area contributed by atoms with E-state index >= 15 is 0 Å². The highest BCUT2D eigenvalue weighted by molar-refractivity contribution is 7.09. The van der Waals surface area contributed by atoms with Gasteiger partial charge in [0.05, 0.1) is 17.2 Å². The summed E-state index contributed by atoms with van der Waals surface area (Å²) in [6, 6.07) is 6.86. The first-order valence-electron chi connectivity index (χ1n) is 6.35. The molecule has 6 heteroatoms. The highest BCUT2D eigenvalue weighted by atomic mass is 32.1. The molecule has 5 nitrogen and oxygen atoms in total. The van der Waals surface area contributed by atoms with Gasteiger partial charge in [-0.05, 0) is 42.1 Å². The van der Waals surface area contributed by atoms with Gasteiger partial charge in [0.1, 0.15) is 4.88 Å². The molecule has 19 heavy (non-hydrogen) atoms. The first-order chi connectivity index (χ1) is 9.36. The summed E-state index contributed by atoms with van der Waals surface area (Å²) >= 11 is 1.39. The van der Waals surface area contributed by atoms with Gasteiger partial charge in [-0.3, -0.25) is 0 Å². The normalized spacial score (nSPS) is 15.2. The van der Waals surface area contributed by atoms with Crippen LogP contribution < -0.4 is 5.73 Å². The fraction of sp³-hybridized carbons (Fsp3) is 0.308. The summed E-state index contributed by atoms with van der Waals surface area (Å²) in [4.78, 5) is 5.79. The van der Waals surface area contributed by atoms with Crippen LogP contribution in [0.4, 0.5) is 0 Å². The highest BCUT2D eigenvalue weighted by Gasteiger charge is 2.29. The lowest BCUT2D eigenvalue weighted by Crippen LogP contribution is -1.97. The number of hydrogen-bond donors (Lipinski definition) is 1. The molecule has 0 bridgehead atoms. The fourth-order valence-corrected chi connectivity index (χ4v) is 2.92. The highest BCUT2D eigenvalue weighted by Crippen LogP contribution is 2.41. The second kappa shape index (κ2) is 4.11. The first kappa shape index (κ1) is 11.1. The van der Waals surface area contributed by atoms with Gasteiger partial charge in [-0.25, -0.2) is 4.98 Å². The number of fused-ring (bicyclic) bond motifs is 1. The molecule has 0 amide bonds. The number of nitrogens with two attached hydrogens (primary N) is 1. The number of rotatable bonds is 3. The van der Waals surface area contributed by atoms with Crippen LogP contribution >= 0.6 is 11.5 Å². The summed E-state index contributed by atoms with van der Waals surface area (Å²) in [6.07, 6.45) is 4.24. The van der Waals surface area contributed by atoms with Crippen LogP contribution in [-0.4, -0.2) is 19.1 Å². The lowest BCUT2D eigenvalue weighted by atomic mass is 10.2. The Hall–Kier alpha value is -1.79. The Morgan fingerprint density at radius 3 is 2.95 bits per heavy atom. The molecule has 96 valence electrons. The third-order valence-corrected chi connectivity index (χ3v) is 4.14.